The van der Waals surface area contributed by atoms with Crippen LogP contribution in [0.2, 0.25) is 0 Å². The van der Waals surface area contributed by atoms with Crippen molar-refractivity contribution < 1.29 is 50.9 Å². The molecule has 0 saturated carbocycles. The largest absolute Gasteiger partial charge is 0.510 e. The number of fused-ring (bicyclic) bond motifs is 4. The quantitative estimate of drug-likeness (QED) is 0.112. The summed E-state index contributed by atoms with van der Waals surface area (Å²) in [7, 11) is 0. The fourth-order valence-electron chi connectivity index (χ4n) is 8.40. The third-order valence-corrected chi connectivity index (χ3v) is 11.8. The van der Waals surface area contributed by atoms with Gasteiger partial charge in [-0.05, 0) is 79.0 Å². The van der Waals surface area contributed by atoms with Crippen LogP contribution in [0, 0.1) is 18.5 Å². The van der Waals surface area contributed by atoms with Crippen molar-refractivity contribution in [2.45, 2.75) is 52.4 Å². The summed E-state index contributed by atoms with van der Waals surface area (Å²) in [6, 6.07) is 27.1. The molecule has 6 heteroatoms. The monoisotopic (exact) mass is 1080 g/mol. The minimum Gasteiger partial charge on any atom is -0.510 e. The summed E-state index contributed by atoms with van der Waals surface area (Å²) in [6.07, 6.45) is 5.17. The average molecular weight is 1080 g/mol. The van der Waals surface area contributed by atoms with E-state index in [0.29, 0.717) is 27.9 Å². The molecule has 11 rings (SSSR count). The number of ether oxygens (including phenoxy) is 1. The van der Waals surface area contributed by atoms with Gasteiger partial charge in [0.25, 0.3) is 6.33 Å². The fraction of sp³-hybridized carbons (Fsp3) is 0.129. The van der Waals surface area contributed by atoms with E-state index in [9.17, 15) is 5.48 Å². The average Bonchev–Trinajstić information content (AvgIpc) is 2.27. The maximum Gasteiger partial charge on any atom is 0.268 e. The van der Waals surface area contributed by atoms with Crippen molar-refractivity contribution in [3.8, 4) is 62.1 Å². The number of para-hydroxylation sites is 3. The van der Waals surface area contributed by atoms with Gasteiger partial charge in [-0.3, -0.25) is 4.57 Å². The van der Waals surface area contributed by atoms with Crippen LogP contribution in [-0.2, 0) is 31.9 Å². The molecule has 0 aliphatic carbocycles. The second-order valence-corrected chi connectivity index (χ2v) is 18.2. The molecule has 0 amide bonds. The summed E-state index contributed by atoms with van der Waals surface area (Å²) in [5.41, 5.74) is 2.82. The van der Waals surface area contributed by atoms with E-state index >= 15 is 0 Å². The van der Waals surface area contributed by atoms with E-state index in [4.69, 9.17) is 24.8 Å². The molecule has 3 heterocycles. The van der Waals surface area contributed by atoms with E-state index < -0.39 is 96.1 Å². The van der Waals surface area contributed by atoms with Crippen LogP contribution in [0.1, 0.15) is 73.2 Å². The summed E-state index contributed by atoms with van der Waals surface area (Å²) in [4.78, 5) is 4.81. The number of nitrogens with zero attached hydrogens (tertiary/aromatic N) is 4. The van der Waals surface area contributed by atoms with E-state index in [2.05, 4.69) is 39.2 Å². The van der Waals surface area contributed by atoms with E-state index in [0.717, 1.165) is 21.9 Å². The molecule has 0 spiro atoms. The van der Waals surface area contributed by atoms with Crippen LogP contribution >= 0.6 is 0 Å². The normalized spacial score (nSPS) is 14.9. The molecule has 3 aromatic heterocycles. The SMILES string of the molecule is [2H]c1c([2H])c([2H])c(-c2cc(Oc3[c-]c4c(cc3)c3ccccc3n4-c3cc(C(C)(C)C)ccn3)[c-]c(-n3[c-][n+](-c4c(-c5c([2H])c([2H])c([2H])c([2H])c5[2H])cc(C(C)(C)C)cc4-c4c([2H])c([2H])c([2H])c([2H])c4[2H])c4ccccc43)c2)c([2H])c1[2H].[Pt]. The molecule has 8 aromatic carbocycles. The van der Waals surface area contributed by atoms with Crippen molar-refractivity contribution in [1.29, 1.82) is 0 Å². The van der Waals surface area contributed by atoms with Gasteiger partial charge >= 0.3 is 0 Å². The van der Waals surface area contributed by atoms with E-state index in [1.165, 1.54) is 10.6 Å². The standard InChI is InChI=1S/C62H50N4O.Pt/c1-61(2,3)46-32-33-63-59(38-46)66-55-27-17-16-26-51(55)52-31-30-49(40-58(52)66)67-50-35-45(42-20-10-7-11-21-42)34-48(39-50)64-41-65(57-29-19-18-28-56(57)64)60-53(43-22-12-8-13-23-43)36-47(62(4,5)6)37-54(60)44-24-14-9-15-25-44;/h7-38H,1-6H3;/q-2;/i7D,8D,9D,10D,11D,12D,13D,14D,15D,20D,21D,22D,23D,24D,25D;. The number of aromatic nitrogens is 4. The van der Waals surface area contributed by atoms with E-state index in [1.807, 2.05) is 67.8 Å². The van der Waals surface area contributed by atoms with Crippen molar-refractivity contribution in [1.82, 2.24) is 14.1 Å². The Kier molecular flexibility index (Phi) is 7.85. The minimum absolute atomic E-state index is 0. The van der Waals surface area contributed by atoms with Gasteiger partial charge in [-0.15, -0.1) is 35.2 Å². The van der Waals surface area contributed by atoms with E-state index in [-0.39, 0.29) is 82.7 Å². The van der Waals surface area contributed by atoms with Crippen molar-refractivity contribution in [3.05, 3.63) is 223 Å². The van der Waals surface area contributed by atoms with Crippen LogP contribution in [0.5, 0.6) is 11.5 Å². The number of pyridine rings is 1. The van der Waals surface area contributed by atoms with Gasteiger partial charge in [-0.1, -0.05) is 192 Å². The van der Waals surface area contributed by atoms with Crippen LogP contribution in [0.4, 0.5) is 0 Å². The molecule has 0 bridgehead atoms. The fourth-order valence-corrected chi connectivity index (χ4v) is 8.40. The number of rotatable bonds is 8. The minimum atomic E-state index is -0.729. The summed E-state index contributed by atoms with van der Waals surface area (Å²) in [6.45, 7) is 12.0. The maximum atomic E-state index is 9.32. The Morgan fingerprint density at radius 2 is 1.16 bits per heavy atom. The molecular formula is C62H50N4OPt-2. The topological polar surface area (TPSA) is 35.9 Å². The van der Waals surface area contributed by atoms with Crippen LogP contribution in [-0.4, -0.2) is 14.1 Å². The van der Waals surface area contributed by atoms with Crippen LogP contribution < -0.4 is 9.30 Å². The number of hydrogen-bond acceptors (Lipinski definition) is 2. The molecule has 0 atom stereocenters. The van der Waals surface area contributed by atoms with Gasteiger partial charge in [-0.25, -0.2) is 4.98 Å². The Bertz CT molecular complexity index is 4360. The summed E-state index contributed by atoms with van der Waals surface area (Å²) in [5.74, 6) is 0.910. The Hall–Kier alpha value is -7.33. The molecule has 0 radical (unpaired) electrons. The molecule has 0 aliphatic rings. The van der Waals surface area contributed by atoms with Crippen LogP contribution in [0.25, 0.3) is 83.4 Å². The number of benzene rings is 8. The molecule has 68 heavy (non-hydrogen) atoms. The Morgan fingerprint density at radius 1 is 0.559 bits per heavy atom. The Labute approximate surface area is 434 Å². The van der Waals surface area contributed by atoms with Crippen molar-refractivity contribution >= 4 is 32.8 Å². The second-order valence-electron chi connectivity index (χ2n) is 18.2. The molecule has 11 aromatic rings. The molecule has 0 unspecified atom stereocenters. The van der Waals surface area contributed by atoms with Gasteiger partial charge in [0, 0.05) is 44.3 Å². The third kappa shape index (κ3) is 8.26. The van der Waals surface area contributed by atoms with Gasteiger partial charge in [-0.2, -0.15) is 12.1 Å². The Morgan fingerprint density at radius 3 is 1.81 bits per heavy atom. The third-order valence-electron chi connectivity index (χ3n) is 11.8. The zero-order valence-corrected chi connectivity index (χ0v) is 40.1. The second kappa shape index (κ2) is 17.7. The molecule has 336 valence electrons. The molecule has 5 nitrogen and oxygen atoms in total. The molecule has 0 saturated heterocycles. The number of hydrogen-bond donors (Lipinski definition) is 0. The maximum absolute atomic E-state index is 9.32. The first-order valence-electron chi connectivity index (χ1n) is 29.2. The van der Waals surface area contributed by atoms with Crippen molar-refractivity contribution in [2.24, 2.45) is 0 Å². The van der Waals surface area contributed by atoms with Gasteiger partial charge < -0.3 is 13.9 Å². The van der Waals surface area contributed by atoms with Crippen LogP contribution in [0.3, 0.4) is 0 Å². The van der Waals surface area contributed by atoms with Gasteiger partial charge in [0.1, 0.15) is 5.82 Å². The first-order chi connectivity index (χ1) is 38.7. The zero-order valence-electron chi connectivity index (χ0n) is 52.8. The Balaban J connectivity index is 0.00000769. The van der Waals surface area contributed by atoms with Gasteiger partial charge in [0.15, 0.2) is 0 Å². The van der Waals surface area contributed by atoms with Crippen LogP contribution in [0.15, 0.2) is 194 Å². The first kappa shape index (κ1) is 30.1. The summed E-state index contributed by atoms with van der Waals surface area (Å²) >= 11 is 0. The molecule has 0 aliphatic heterocycles. The number of imidazole rings is 1. The summed E-state index contributed by atoms with van der Waals surface area (Å²) in [5, 5.41) is 1.81. The van der Waals surface area contributed by atoms with E-state index in [1.54, 1.807) is 59.3 Å². The predicted molar refractivity (Wildman–Crippen MR) is 274 cm³/mol. The van der Waals surface area contributed by atoms with Gasteiger partial charge in [0.05, 0.1) is 37.3 Å². The molecular weight excluding hydrogens is 1010 g/mol. The molecule has 0 N–H and O–H groups in total. The first-order valence-corrected chi connectivity index (χ1v) is 21.7. The smallest absolute Gasteiger partial charge is 0.268 e. The van der Waals surface area contributed by atoms with Crippen molar-refractivity contribution in [2.75, 3.05) is 0 Å². The summed E-state index contributed by atoms with van der Waals surface area (Å²) < 4.78 is 145. The zero-order chi connectivity index (χ0) is 58.9. The predicted octanol–water partition coefficient (Wildman–Crippen LogP) is 15.2. The molecule has 0 fully saturated rings. The van der Waals surface area contributed by atoms with Crippen molar-refractivity contribution in [3.63, 3.8) is 0 Å². The van der Waals surface area contributed by atoms with Gasteiger partial charge in [0.2, 0.25) is 0 Å².